The molecule has 2 N–H and O–H groups in total. The number of H-pyrrole nitrogens is 1. The molecular formula is C19H17N5. The third kappa shape index (κ3) is 2.96. The minimum absolute atomic E-state index is 0.730. The molecule has 4 aromatic rings. The molecule has 0 aliphatic carbocycles. The maximum Gasteiger partial charge on any atom is 0.145 e. The van der Waals surface area contributed by atoms with Crippen molar-refractivity contribution < 1.29 is 0 Å². The van der Waals surface area contributed by atoms with Crippen molar-refractivity contribution in [3.63, 3.8) is 0 Å². The molecule has 0 spiro atoms. The van der Waals surface area contributed by atoms with E-state index >= 15 is 0 Å². The zero-order chi connectivity index (χ0) is 16.4. The zero-order valence-corrected chi connectivity index (χ0v) is 13.3. The van der Waals surface area contributed by atoms with Gasteiger partial charge < -0.3 is 5.32 Å². The van der Waals surface area contributed by atoms with Crippen molar-refractivity contribution in [2.75, 3.05) is 5.32 Å². The van der Waals surface area contributed by atoms with Gasteiger partial charge in [0.25, 0.3) is 0 Å². The van der Waals surface area contributed by atoms with Gasteiger partial charge in [-0.3, -0.25) is 10.1 Å². The van der Waals surface area contributed by atoms with Crippen LogP contribution >= 0.6 is 0 Å². The van der Waals surface area contributed by atoms with Gasteiger partial charge in [-0.2, -0.15) is 5.10 Å². The Labute approximate surface area is 139 Å². The van der Waals surface area contributed by atoms with E-state index in [1.165, 1.54) is 11.1 Å². The maximum atomic E-state index is 4.63. The van der Waals surface area contributed by atoms with Crippen molar-refractivity contribution in [2.45, 2.75) is 13.5 Å². The predicted octanol–water partition coefficient (Wildman–Crippen LogP) is 3.94. The second-order valence-corrected chi connectivity index (χ2v) is 5.78. The Hall–Kier alpha value is -3.21. The molecule has 5 nitrogen and oxygen atoms in total. The molecule has 5 heteroatoms. The smallest absolute Gasteiger partial charge is 0.145 e. The molecule has 4 rings (SSSR count). The molecule has 0 bridgehead atoms. The number of benzene rings is 2. The molecule has 118 valence electrons. The number of aromatic nitrogens is 4. The summed E-state index contributed by atoms with van der Waals surface area (Å²) in [5.41, 5.74) is 6.34. The van der Waals surface area contributed by atoms with Crippen molar-refractivity contribution >= 4 is 16.9 Å². The average Bonchev–Trinajstić information content (AvgIpc) is 3.15. The summed E-state index contributed by atoms with van der Waals surface area (Å²) in [6, 6.07) is 14.5. The lowest BCUT2D eigenvalue weighted by atomic mass is 10.1. The first-order valence-electron chi connectivity index (χ1n) is 7.83. The van der Waals surface area contributed by atoms with Crippen molar-refractivity contribution in [1.29, 1.82) is 0 Å². The molecular weight excluding hydrogens is 298 g/mol. The second-order valence-electron chi connectivity index (χ2n) is 5.78. The molecule has 0 amide bonds. The molecule has 0 fully saturated rings. The van der Waals surface area contributed by atoms with E-state index in [1.54, 1.807) is 12.4 Å². The monoisotopic (exact) mass is 315 g/mol. The molecule has 24 heavy (non-hydrogen) atoms. The van der Waals surface area contributed by atoms with Crippen LogP contribution in [0.1, 0.15) is 11.1 Å². The first-order valence-corrected chi connectivity index (χ1v) is 7.83. The van der Waals surface area contributed by atoms with E-state index in [0.717, 1.165) is 34.5 Å². The first-order chi connectivity index (χ1) is 11.8. The molecule has 2 aromatic heterocycles. The second kappa shape index (κ2) is 6.12. The fraction of sp³-hybridized carbons (Fsp3) is 0.105. The van der Waals surface area contributed by atoms with E-state index in [0.29, 0.717) is 0 Å². The van der Waals surface area contributed by atoms with Crippen LogP contribution in [0.15, 0.2) is 61.1 Å². The number of anilines is 1. The Morgan fingerprint density at radius 3 is 2.62 bits per heavy atom. The fourth-order valence-corrected chi connectivity index (χ4v) is 2.58. The van der Waals surface area contributed by atoms with Gasteiger partial charge in [-0.15, -0.1) is 0 Å². The van der Waals surface area contributed by atoms with Gasteiger partial charge in [0.2, 0.25) is 0 Å². The molecule has 0 unspecified atom stereocenters. The molecule has 0 saturated carbocycles. The molecule has 0 aliphatic rings. The largest absolute Gasteiger partial charge is 0.365 e. The highest BCUT2D eigenvalue weighted by molar-refractivity contribution is 5.81. The summed E-state index contributed by atoms with van der Waals surface area (Å²) >= 11 is 0. The third-order valence-electron chi connectivity index (χ3n) is 3.97. The number of aromatic amines is 1. The summed E-state index contributed by atoms with van der Waals surface area (Å²) in [4.78, 5) is 9.16. The molecule has 0 saturated heterocycles. The Bertz CT molecular complexity index is 959. The van der Waals surface area contributed by atoms with E-state index in [4.69, 9.17) is 0 Å². The highest BCUT2D eigenvalue weighted by Gasteiger charge is 2.04. The predicted molar refractivity (Wildman–Crippen MR) is 95.6 cm³/mol. The quantitative estimate of drug-likeness (QED) is 0.598. The van der Waals surface area contributed by atoms with Crippen molar-refractivity contribution in [1.82, 2.24) is 20.2 Å². The molecule has 2 aromatic carbocycles. The lowest BCUT2D eigenvalue weighted by Crippen LogP contribution is -2.02. The van der Waals surface area contributed by atoms with Gasteiger partial charge in [0.1, 0.15) is 5.82 Å². The number of hydrogen-bond donors (Lipinski definition) is 2. The first kappa shape index (κ1) is 14.4. The van der Waals surface area contributed by atoms with Crippen LogP contribution in [-0.2, 0) is 6.54 Å². The van der Waals surface area contributed by atoms with Gasteiger partial charge in [-0.25, -0.2) is 4.98 Å². The summed E-state index contributed by atoms with van der Waals surface area (Å²) in [5, 5.41) is 10.1. The summed E-state index contributed by atoms with van der Waals surface area (Å²) in [5.74, 6) is 0.777. The lowest BCUT2D eigenvalue weighted by Gasteiger charge is -2.07. The molecule has 2 heterocycles. The van der Waals surface area contributed by atoms with Crippen molar-refractivity contribution in [2.24, 2.45) is 0 Å². The maximum absolute atomic E-state index is 4.63. The van der Waals surface area contributed by atoms with E-state index < -0.39 is 0 Å². The summed E-state index contributed by atoms with van der Waals surface area (Å²) in [6.07, 6.45) is 5.44. The zero-order valence-electron chi connectivity index (χ0n) is 13.3. The minimum atomic E-state index is 0.730. The van der Waals surface area contributed by atoms with Crippen LogP contribution in [0.5, 0.6) is 0 Å². The number of fused-ring (bicyclic) bond motifs is 1. The summed E-state index contributed by atoms with van der Waals surface area (Å²) < 4.78 is 0. The lowest BCUT2D eigenvalue weighted by molar-refractivity contribution is 1.09. The van der Waals surface area contributed by atoms with Crippen LogP contribution in [0.3, 0.4) is 0 Å². The Morgan fingerprint density at radius 1 is 0.958 bits per heavy atom. The number of aryl methyl sites for hydroxylation is 1. The van der Waals surface area contributed by atoms with Crippen molar-refractivity contribution in [3.8, 4) is 11.1 Å². The van der Waals surface area contributed by atoms with E-state index in [-0.39, 0.29) is 0 Å². The molecule has 0 atom stereocenters. The summed E-state index contributed by atoms with van der Waals surface area (Å²) in [7, 11) is 0. The highest BCUT2D eigenvalue weighted by Crippen LogP contribution is 2.22. The normalized spacial score (nSPS) is 10.9. The van der Waals surface area contributed by atoms with Crippen LogP contribution in [0, 0.1) is 6.92 Å². The van der Waals surface area contributed by atoms with Gasteiger partial charge in [0.05, 0.1) is 23.4 Å². The SMILES string of the molecule is Cc1ccc(CNc2cnc3cc(-c4cn[nH]c4)ccc3n2)cc1. The third-order valence-corrected chi connectivity index (χ3v) is 3.97. The van der Waals surface area contributed by atoms with Gasteiger partial charge in [0.15, 0.2) is 0 Å². The number of nitrogens with zero attached hydrogens (tertiary/aromatic N) is 3. The van der Waals surface area contributed by atoms with Crippen LogP contribution < -0.4 is 5.32 Å². The van der Waals surface area contributed by atoms with Gasteiger partial charge >= 0.3 is 0 Å². The highest BCUT2D eigenvalue weighted by atomic mass is 15.1. The van der Waals surface area contributed by atoms with Crippen molar-refractivity contribution in [3.05, 3.63) is 72.2 Å². The summed E-state index contributed by atoms with van der Waals surface area (Å²) in [6.45, 7) is 2.82. The number of nitrogens with one attached hydrogen (secondary N) is 2. The van der Waals surface area contributed by atoms with Gasteiger partial charge in [-0.05, 0) is 30.2 Å². The van der Waals surface area contributed by atoms with E-state index in [1.807, 2.05) is 24.4 Å². The molecule has 0 radical (unpaired) electrons. The van der Waals surface area contributed by atoms with Crippen LogP contribution in [-0.4, -0.2) is 20.2 Å². The van der Waals surface area contributed by atoms with Gasteiger partial charge in [-0.1, -0.05) is 35.9 Å². The van der Waals surface area contributed by atoms with E-state index in [2.05, 4.69) is 56.7 Å². The standard InChI is InChI=1S/C19H17N5/c1-13-2-4-14(5-3-13)9-21-19-12-20-18-8-15(6-7-17(18)24-19)16-10-22-23-11-16/h2-8,10-12H,9H2,1H3,(H,21,24)(H,22,23). The van der Waals surface area contributed by atoms with Crippen LogP contribution in [0.2, 0.25) is 0 Å². The minimum Gasteiger partial charge on any atom is -0.365 e. The van der Waals surface area contributed by atoms with Crippen LogP contribution in [0.4, 0.5) is 5.82 Å². The fourth-order valence-electron chi connectivity index (χ4n) is 2.58. The van der Waals surface area contributed by atoms with E-state index in [9.17, 15) is 0 Å². The van der Waals surface area contributed by atoms with Gasteiger partial charge in [0, 0.05) is 18.3 Å². The Balaban J connectivity index is 1.55. The number of hydrogen-bond acceptors (Lipinski definition) is 4. The molecule has 0 aliphatic heterocycles. The number of rotatable bonds is 4. The topological polar surface area (TPSA) is 66.5 Å². The van der Waals surface area contributed by atoms with Crippen LogP contribution in [0.25, 0.3) is 22.2 Å². The average molecular weight is 315 g/mol. The Kier molecular flexibility index (Phi) is 3.67. The Morgan fingerprint density at radius 2 is 1.83 bits per heavy atom.